The maximum absolute atomic E-state index is 10.7. The van der Waals surface area contributed by atoms with Gasteiger partial charge in [0.2, 0.25) is 5.76 Å². The molecular formula is C12H17NO5. The lowest BCUT2D eigenvalue weighted by Crippen LogP contribution is -2.37. The predicted molar refractivity (Wildman–Crippen MR) is 62.7 cm³/mol. The highest BCUT2D eigenvalue weighted by Crippen LogP contribution is 2.14. The first-order valence-corrected chi connectivity index (χ1v) is 5.89. The SMILES string of the molecule is Cc1oc(C(=O)O)cc1CNCC1COCCO1. The van der Waals surface area contributed by atoms with Crippen LogP contribution in [0.4, 0.5) is 0 Å². The van der Waals surface area contributed by atoms with Crippen LogP contribution in [0.25, 0.3) is 0 Å². The van der Waals surface area contributed by atoms with E-state index in [-0.39, 0.29) is 11.9 Å². The number of nitrogens with one attached hydrogen (secondary N) is 1. The minimum absolute atomic E-state index is 0.0263. The fourth-order valence-electron chi connectivity index (χ4n) is 1.82. The Morgan fingerprint density at radius 1 is 1.56 bits per heavy atom. The minimum atomic E-state index is -1.05. The minimum Gasteiger partial charge on any atom is -0.475 e. The Labute approximate surface area is 105 Å². The molecule has 1 aromatic rings. The Hall–Kier alpha value is -1.37. The molecule has 0 aliphatic carbocycles. The average Bonchev–Trinajstić information content (AvgIpc) is 2.73. The smallest absolute Gasteiger partial charge is 0.371 e. The molecule has 0 bridgehead atoms. The topological polar surface area (TPSA) is 80.9 Å². The third-order valence-corrected chi connectivity index (χ3v) is 2.80. The molecule has 0 amide bonds. The summed E-state index contributed by atoms with van der Waals surface area (Å²) in [7, 11) is 0. The first-order valence-electron chi connectivity index (χ1n) is 5.89. The van der Waals surface area contributed by atoms with Crippen molar-refractivity contribution in [2.24, 2.45) is 0 Å². The summed E-state index contributed by atoms with van der Waals surface area (Å²) >= 11 is 0. The van der Waals surface area contributed by atoms with E-state index in [0.717, 1.165) is 5.56 Å². The maximum Gasteiger partial charge on any atom is 0.371 e. The number of carboxylic acids is 1. The van der Waals surface area contributed by atoms with Gasteiger partial charge in [0.1, 0.15) is 5.76 Å². The zero-order valence-electron chi connectivity index (χ0n) is 10.3. The van der Waals surface area contributed by atoms with Crippen molar-refractivity contribution in [2.75, 3.05) is 26.4 Å². The zero-order chi connectivity index (χ0) is 13.0. The molecule has 1 saturated heterocycles. The number of hydrogen-bond acceptors (Lipinski definition) is 5. The van der Waals surface area contributed by atoms with E-state index in [2.05, 4.69) is 5.32 Å². The molecule has 6 nitrogen and oxygen atoms in total. The summed E-state index contributed by atoms with van der Waals surface area (Å²) in [6, 6.07) is 1.54. The lowest BCUT2D eigenvalue weighted by atomic mass is 10.2. The van der Waals surface area contributed by atoms with Gasteiger partial charge in [-0.05, 0) is 13.0 Å². The Morgan fingerprint density at radius 3 is 3.00 bits per heavy atom. The van der Waals surface area contributed by atoms with Crippen molar-refractivity contribution in [1.29, 1.82) is 0 Å². The Kier molecular flexibility index (Phi) is 4.35. The van der Waals surface area contributed by atoms with Crippen LogP contribution in [0.2, 0.25) is 0 Å². The van der Waals surface area contributed by atoms with Crippen LogP contribution < -0.4 is 5.32 Å². The van der Waals surface area contributed by atoms with Gasteiger partial charge in [-0.3, -0.25) is 0 Å². The lowest BCUT2D eigenvalue weighted by Gasteiger charge is -2.23. The number of aromatic carboxylic acids is 1. The Balaban J connectivity index is 1.80. The van der Waals surface area contributed by atoms with Gasteiger partial charge in [-0.1, -0.05) is 0 Å². The van der Waals surface area contributed by atoms with Crippen LogP contribution in [0.1, 0.15) is 21.9 Å². The predicted octanol–water partition coefficient (Wildman–Crippen LogP) is 0.791. The second-order valence-corrected chi connectivity index (χ2v) is 4.20. The van der Waals surface area contributed by atoms with Crippen molar-refractivity contribution in [3.63, 3.8) is 0 Å². The van der Waals surface area contributed by atoms with Gasteiger partial charge < -0.3 is 24.3 Å². The molecule has 1 atom stereocenters. The molecule has 2 rings (SSSR count). The molecule has 0 radical (unpaired) electrons. The van der Waals surface area contributed by atoms with E-state index in [9.17, 15) is 4.79 Å². The summed E-state index contributed by atoms with van der Waals surface area (Å²) in [5, 5.41) is 12.0. The van der Waals surface area contributed by atoms with Crippen molar-refractivity contribution in [3.05, 3.63) is 23.2 Å². The van der Waals surface area contributed by atoms with Gasteiger partial charge in [0, 0.05) is 18.7 Å². The molecule has 1 unspecified atom stereocenters. The summed E-state index contributed by atoms with van der Waals surface area (Å²) < 4.78 is 15.9. The van der Waals surface area contributed by atoms with Crippen LogP contribution in [-0.2, 0) is 16.0 Å². The molecule has 2 heterocycles. The molecule has 100 valence electrons. The Bertz CT molecular complexity index is 409. The van der Waals surface area contributed by atoms with E-state index >= 15 is 0 Å². The zero-order valence-corrected chi connectivity index (χ0v) is 10.3. The standard InChI is InChI=1S/C12H17NO5/c1-8-9(4-11(18-8)12(14)15)5-13-6-10-7-16-2-3-17-10/h4,10,13H,2-3,5-7H2,1H3,(H,14,15). The number of furan rings is 1. The summed E-state index contributed by atoms with van der Waals surface area (Å²) in [6.45, 7) is 4.86. The van der Waals surface area contributed by atoms with Crippen molar-refractivity contribution >= 4 is 5.97 Å². The van der Waals surface area contributed by atoms with Gasteiger partial charge in [-0.15, -0.1) is 0 Å². The lowest BCUT2D eigenvalue weighted by molar-refractivity contribution is -0.0864. The van der Waals surface area contributed by atoms with Crippen LogP contribution in [0, 0.1) is 6.92 Å². The highest BCUT2D eigenvalue weighted by molar-refractivity contribution is 5.84. The van der Waals surface area contributed by atoms with Gasteiger partial charge in [-0.2, -0.15) is 0 Å². The van der Waals surface area contributed by atoms with Crippen molar-refractivity contribution in [1.82, 2.24) is 5.32 Å². The largest absolute Gasteiger partial charge is 0.475 e. The van der Waals surface area contributed by atoms with E-state index < -0.39 is 5.97 Å². The van der Waals surface area contributed by atoms with Crippen molar-refractivity contribution < 1.29 is 23.8 Å². The van der Waals surface area contributed by atoms with Gasteiger partial charge in [0.05, 0.1) is 25.9 Å². The van der Waals surface area contributed by atoms with E-state index in [4.69, 9.17) is 19.0 Å². The van der Waals surface area contributed by atoms with Gasteiger partial charge in [0.15, 0.2) is 0 Å². The second kappa shape index (κ2) is 5.99. The first kappa shape index (κ1) is 13.1. The number of aryl methyl sites for hydroxylation is 1. The quantitative estimate of drug-likeness (QED) is 0.809. The van der Waals surface area contributed by atoms with Gasteiger partial charge in [0.25, 0.3) is 0 Å². The van der Waals surface area contributed by atoms with Crippen molar-refractivity contribution in [2.45, 2.75) is 19.6 Å². The maximum atomic E-state index is 10.7. The van der Waals surface area contributed by atoms with Crippen LogP contribution in [0.5, 0.6) is 0 Å². The summed E-state index contributed by atoms with van der Waals surface area (Å²) in [5.74, 6) is -0.448. The van der Waals surface area contributed by atoms with E-state index in [1.165, 1.54) is 0 Å². The molecule has 1 aromatic heterocycles. The molecule has 1 fully saturated rings. The second-order valence-electron chi connectivity index (χ2n) is 4.20. The van der Waals surface area contributed by atoms with E-state index in [1.807, 2.05) is 0 Å². The number of rotatable bonds is 5. The molecule has 0 aromatic carbocycles. The Morgan fingerprint density at radius 2 is 2.39 bits per heavy atom. The summed E-state index contributed by atoms with van der Waals surface area (Å²) in [5.41, 5.74) is 0.851. The van der Waals surface area contributed by atoms with E-state index in [1.54, 1.807) is 13.0 Å². The number of carboxylic acid groups (broad SMARTS) is 1. The molecule has 2 N–H and O–H groups in total. The molecule has 1 aliphatic rings. The van der Waals surface area contributed by atoms with Crippen LogP contribution >= 0.6 is 0 Å². The fourth-order valence-corrected chi connectivity index (χ4v) is 1.82. The van der Waals surface area contributed by atoms with Gasteiger partial charge in [-0.25, -0.2) is 4.79 Å². The molecule has 0 spiro atoms. The first-order chi connectivity index (χ1) is 8.66. The fraction of sp³-hybridized carbons (Fsp3) is 0.583. The normalized spacial score (nSPS) is 19.9. The highest BCUT2D eigenvalue weighted by Gasteiger charge is 2.15. The number of carbonyl (C=O) groups is 1. The molecule has 1 aliphatic heterocycles. The summed E-state index contributed by atoms with van der Waals surface area (Å²) in [4.78, 5) is 10.7. The molecular weight excluding hydrogens is 238 g/mol. The molecule has 6 heteroatoms. The highest BCUT2D eigenvalue weighted by atomic mass is 16.6. The van der Waals surface area contributed by atoms with Crippen LogP contribution in [0.15, 0.2) is 10.5 Å². The average molecular weight is 255 g/mol. The monoisotopic (exact) mass is 255 g/mol. The molecule has 18 heavy (non-hydrogen) atoms. The van der Waals surface area contributed by atoms with Crippen molar-refractivity contribution in [3.8, 4) is 0 Å². The third-order valence-electron chi connectivity index (χ3n) is 2.80. The van der Waals surface area contributed by atoms with Crippen LogP contribution in [0.3, 0.4) is 0 Å². The van der Waals surface area contributed by atoms with Crippen LogP contribution in [-0.4, -0.2) is 43.5 Å². The number of ether oxygens (including phenoxy) is 2. The van der Waals surface area contributed by atoms with Gasteiger partial charge >= 0.3 is 5.97 Å². The number of hydrogen-bond donors (Lipinski definition) is 2. The summed E-state index contributed by atoms with van der Waals surface area (Å²) in [6.07, 6.45) is 0.0601. The third kappa shape index (κ3) is 3.32. The van der Waals surface area contributed by atoms with E-state index in [0.29, 0.717) is 38.7 Å². The molecule has 0 saturated carbocycles.